The Morgan fingerprint density at radius 1 is 0.736 bits per heavy atom. The Hall–Kier alpha value is -4.64. The normalized spacial score (nSPS) is 16.8. The smallest absolute Gasteiger partial charge is 0.137 e. The van der Waals surface area contributed by atoms with Gasteiger partial charge in [0, 0.05) is 46.3 Å². The quantitative estimate of drug-likeness (QED) is 0.141. The first-order valence-corrected chi connectivity index (χ1v) is 20.0. The number of ether oxygens (including phenoxy) is 1. The minimum atomic E-state index is -0.0843. The van der Waals surface area contributed by atoms with Crippen molar-refractivity contribution in [2.75, 3.05) is 0 Å². The first-order chi connectivity index (χ1) is 25.4. The summed E-state index contributed by atoms with van der Waals surface area (Å²) in [5.74, 6) is 3.62. The number of rotatable bonds is 9. The molecule has 0 fully saturated rings. The third-order valence-electron chi connectivity index (χ3n) is 11.5. The van der Waals surface area contributed by atoms with Crippen molar-refractivity contribution in [3.8, 4) is 23.0 Å². The summed E-state index contributed by atoms with van der Waals surface area (Å²) in [5, 5.41) is 7.79. The summed E-state index contributed by atoms with van der Waals surface area (Å²) in [6.45, 7) is 22.8. The zero-order valence-corrected chi connectivity index (χ0v) is 33.7. The molecule has 3 aromatic carbocycles. The second kappa shape index (κ2) is 14.3. The zero-order chi connectivity index (χ0) is 37.7. The van der Waals surface area contributed by atoms with E-state index in [0.717, 1.165) is 53.3 Å². The predicted octanol–water partition coefficient (Wildman–Crippen LogP) is 13.1. The van der Waals surface area contributed by atoms with Crippen molar-refractivity contribution in [1.29, 1.82) is 0 Å². The van der Waals surface area contributed by atoms with E-state index in [-0.39, 0.29) is 10.8 Å². The lowest BCUT2D eigenvalue weighted by molar-refractivity contribution is 0.392. The summed E-state index contributed by atoms with van der Waals surface area (Å²) in [7, 11) is 0. The maximum atomic E-state index is 6.89. The molecule has 7 rings (SSSR count). The molecule has 2 atom stereocenters. The number of para-hydroxylation sites is 1. The van der Waals surface area contributed by atoms with Crippen LogP contribution >= 0.6 is 0 Å². The van der Waals surface area contributed by atoms with Crippen molar-refractivity contribution in [3.05, 3.63) is 119 Å². The summed E-state index contributed by atoms with van der Waals surface area (Å²) in [5.41, 5.74) is 11.3. The number of aromatic nitrogens is 4. The minimum Gasteiger partial charge on any atom is -0.457 e. The van der Waals surface area contributed by atoms with Gasteiger partial charge in [-0.1, -0.05) is 106 Å². The molecular formula is C48H58N4O. The van der Waals surface area contributed by atoms with E-state index >= 15 is 0 Å². The standard InChI is InChI=1S/C48H58N4O/c1-11-31-18-17-19-32(12-2)45(31)46-40(13-3)50-52(41(46)14-4)35-26-34(48(8,9)10)27-37(29-35)53-36-22-23-39-38-20-15-16-21-42(38)51(43(39)30-36)44-28-33(24-25-49-44)47(5,6)7/h15-16,18,20-30,32,45H,11-14,17,19H2,1-10H3/t32-,45-/m0/s1. The average molecular weight is 707 g/mol. The fourth-order valence-electron chi connectivity index (χ4n) is 8.60. The lowest BCUT2D eigenvalue weighted by Crippen LogP contribution is -2.20. The molecule has 0 bridgehead atoms. The monoisotopic (exact) mass is 706 g/mol. The molecule has 0 spiro atoms. The molecule has 6 aromatic rings. The van der Waals surface area contributed by atoms with E-state index in [1.165, 1.54) is 58.1 Å². The molecular weight excluding hydrogens is 649 g/mol. The van der Waals surface area contributed by atoms with E-state index in [2.05, 4.69) is 157 Å². The number of benzene rings is 3. The fourth-order valence-corrected chi connectivity index (χ4v) is 8.60. The van der Waals surface area contributed by atoms with Gasteiger partial charge in [0.05, 0.1) is 22.4 Å². The molecule has 3 aromatic heterocycles. The number of allylic oxidation sites excluding steroid dienone is 2. The van der Waals surface area contributed by atoms with E-state index in [1.807, 2.05) is 6.20 Å². The number of fused-ring (bicyclic) bond motifs is 3. The number of aryl methyl sites for hydroxylation is 1. The molecule has 5 heteroatoms. The van der Waals surface area contributed by atoms with Gasteiger partial charge in [0.25, 0.3) is 0 Å². The summed E-state index contributed by atoms with van der Waals surface area (Å²) in [6.07, 6.45) is 11.0. The summed E-state index contributed by atoms with van der Waals surface area (Å²) < 4.78 is 11.4. The van der Waals surface area contributed by atoms with Crippen molar-refractivity contribution >= 4 is 21.8 Å². The highest BCUT2D eigenvalue weighted by Gasteiger charge is 2.33. The van der Waals surface area contributed by atoms with Crippen molar-refractivity contribution in [2.24, 2.45) is 5.92 Å². The Labute approximate surface area is 317 Å². The largest absolute Gasteiger partial charge is 0.457 e. The lowest BCUT2D eigenvalue weighted by atomic mass is 9.71. The Kier molecular flexibility index (Phi) is 9.91. The number of hydrogen-bond donors (Lipinski definition) is 0. The van der Waals surface area contributed by atoms with Crippen LogP contribution in [0.4, 0.5) is 0 Å². The highest BCUT2D eigenvalue weighted by atomic mass is 16.5. The molecule has 0 radical (unpaired) electrons. The summed E-state index contributed by atoms with van der Waals surface area (Å²) in [6, 6.07) is 26.1. The molecule has 3 heterocycles. The summed E-state index contributed by atoms with van der Waals surface area (Å²) in [4.78, 5) is 4.89. The second-order valence-electron chi connectivity index (χ2n) is 17.0. The van der Waals surface area contributed by atoms with Gasteiger partial charge in [0.15, 0.2) is 0 Å². The van der Waals surface area contributed by atoms with Crippen LogP contribution in [-0.2, 0) is 23.7 Å². The highest BCUT2D eigenvalue weighted by molar-refractivity contribution is 6.09. The molecule has 0 amide bonds. The van der Waals surface area contributed by atoms with Gasteiger partial charge in [-0.05, 0) is 102 Å². The minimum absolute atomic E-state index is 0.00841. The molecule has 0 saturated carbocycles. The van der Waals surface area contributed by atoms with E-state index in [9.17, 15) is 0 Å². The van der Waals surface area contributed by atoms with Crippen LogP contribution in [0.25, 0.3) is 33.3 Å². The second-order valence-corrected chi connectivity index (χ2v) is 17.0. The average Bonchev–Trinajstić information content (AvgIpc) is 3.68. The molecule has 1 aliphatic carbocycles. The van der Waals surface area contributed by atoms with Crippen molar-refractivity contribution < 1.29 is 4.74 Å². The van der Waals surface area contributed by atoms with Crippen LogP contribution in [0.3, 0.4) is 0 Å². The SMILES string of the molecule is CCC1=CCC[C@H](CC)[C@H]1c1c(CC)nn(-c2cc(Oc3ccc4c5ccccc5n(-c5cc(C(C)(C)C)ccn5)c4c3)cc(C(C)(C)C)c2)c1CC. The van der Waals surface area contributed by atoms with Gasteiger partial charge in [0.2, 0.25) is 0 Å². The van der Waals surface area contributed by atoms with Crippen LogP contribution in [-0.4, -0.2) is 19.3 Å². The van der Waals surface area contributed by atoms with Crippen LogP contribution < -0.4 is 4.74 Å². The van der Waals surface area contributed by atoms with Gasteiger partial charge in [-0.25, -0.2) is 9.67 Å². The number of nitrogens with zero attached hydrogens (tertiary/aromatic N) is 4. The highest BCUT2D eigenvalue weighted by Crippen LogP contribution is 2.45. The number of hydrogen-bond acceptors (Lipinski definition) is 3. The van der Waals surface area contributed by atoms with Crippen LogP contribution in [0.2, 0.25) is 0 Å². The van der Waals surface area contributed by atoms with E-state index in [0.29, 0.717) is 11.8 Å². The molecule has 5 nitrogen and oxygen atoms in total. The molecule has 0 unspecified atom stereocenters. The Bertz CT molecular complexity index is 2300. The van der Waals surface area contributed by atoms with Crippen LogP contribution in [0, 0.1) is 5.92 Å². The van der Waals surface area contributed by atoms with Crippen LogP contribution in [0.5, 0.6) is 11.5 Å². The van der Waals surface area contributed by atoms with Gasteiger partial charge >= 0.3 is 0 Å². The maximum Gasteiger partial charge on any atom is 0.137 e. The fraction of sp³-hybridized carbons (Fsp3) is 0.417. The third-order valence-corrected chi connectivity index (χ3v) is 11.5. The van der Waals surface area contributed by atoms with Crippen molar-refractivity contribution in [2.45, 2.75) is 125 Å². The molecule has 276 valence electrons. The maximum absolute atomic E-state index is 6.89. The Morgan fingerprint density at radius 2 is 1.49 bits per heavy atom. The van der Waals surface area contributed by atoms with Crippen molar-refractivity contribution in [3.63, 3.8) is 0 Å². The first-order valence-electron chi connectivity index (χ1n) is 20.0. The van der Waals surface area contributed by atoms with Crippen LogP contribution in [0.1, 0.15) is 129 Å². The first kappa shape index (κ1) is 36.7. The molecule has 0 aliphatic heterocycles. The topological polar surface area (TPSA) is 44.9 Å². The predicted molar refractivity (Wildman–Crippen MR) is 222 cm³/mol. The molecule has 0 N–H and O–H groups in total. The molecule has 0 saturated heterocycles. The zero-order valence-electron chi connectivity index (χ0n) is 33.7. The van der Waals surface area contributed by atoms with Gasteiger partial charge < -0.3 is 4.74 Å². The van der Waals surface area contributed by atoms with Gasteiger partial charge in [-0.2, -0.15) is 5.10 Å². The number of pyridine rings is 1. The van der Waals surface area contributed by atoms with E-state index in [4.69, 9.17) is 14.8 Å². The third kappa shape index (κ3) is 6.84. The van der Waals surface area contributed by atoms with Crippen molar-refractivity contribution in [1.82, 2.24) is 19.3 Å². The van der Waals surface area contributed by atoms with E-state index < -0.39 is 0 Å². The van der Waals surface area contributed by atoms with Gasteiger partial charge in [0.1, 0.15) is 17.3 Å². The van der Waals surface area contributed by atoms with Crippen LogP contribution in [0.15, 0.2) is 90.6 Å². The molecule has 1 aliphatic rings. The lowest BCUT2D eigenvalue weighted by Gasteiger charge is -2.33. The Morgan fingerprint density at radius 3 is 2.19 bits per heavy atom. The molecule has 53 heavy (non-hydrogen) atoms. The summed E-state index contributed by atoms with van der Waals surface area (Å²) >= 11 is 0. The Balaban J connectivity index is 1.36. The van der Waals surface area contributed by atoms with Gasteiger partial charge in [-0.3, -0.25) is 4.57 Å². The van der Waals surface area contributed by atoms with Gasteiger partial charge in [-0.15, -0.1) is 0 Å². The van der Waals surface area contributed by atoms with E-state index in [1.54, 1.807) is 5.57 Å².